The first-order valence-corrected chi connectivity index (χ1v) is 7.49. The molecule has 0 atom stereocenters. The van der Waals surface area contributed by atoms with Crippen molar-refractivity contribution in [1.29, 1.82) is 0 Å². The molecular formula is C17H16ClN3O3. The number of halogens is 1. The number of ether oxygens (including phenoxy) is 1. The van der Waals surface area contributed by atoms with E-state index < -0.39 is 11.8 Å². The van der Waals surface area contributed by atoms with Crippen molar-refractivity contribution < 1.29 is 14.3 Å². The van der Waals surface area contributed by atoms with E-state index in [1.165, 1.54) is 13.3 Å². The molecule has 0 fully saturated rings. The molecular weight excluding hydrogens is 330 g/mol. The van der Waals surface area contributed by atoms with Gasteiger partial charge in [0.25, 0.3) is 0 Å². The van der Waals surface area contributed by atoms with Gasteiger partial charge in [0, 0.05) is 17.6 Å². The second kappa shape index (κ2) is 8.69. The summed E-state index contributed by atoms with van der Waals surface area (Å²) in [6, 6.07) is 14.8. The normalized spacial score (nSPS) is 10.4. The molecule has 0 aliphatic rings. The van der Waals surface area contributed by atoms with Gasteiger partial charge >= 0.3 is 11.8 Å². The first-order chi connectivity index (χ1) is 11.6. The largest absolute Gasteiger partial charge is 0.488 e. The van der Waals surface area contributed by atoms with Gasteiger partial charge in [-0.25, -0.2) is 5.43 Å². The summed E-state index contributed by atoms with van der Waals surface area (Å²) >= 11 is 5.98. The van der Waals surface area contributed by atoms with E-state index in [2.05, 4.69) is 15.8 Å². The molecule has 0 aliphatic heterocycles. The van der Waals surface area contributed by atoms with Gasteiger partial charge in [0.05, 0.1) is 6.21 Å². The number of nitrogens with one attached hydrogen (secondary N) is 2. The average Bonchev–Trinajstić information content (AvgIpc) is 2.61. The molecule has 0 bridgehead atoms. The van der Waals surface area contributed by atoms with Crippen LogP contribution in [0.4, 0.5) is 0 Å². The molecule has 0 saturated carbocycles. The van der Waals surface area contributed by atoms with Crippen LogP contribution in [0.15, 0.2) is 53.6 Å². The first-order valence-electron chi connectivity index (χ1n) is 7.11. The molecule has 0 saturated heterocycles. The summed E-state index contributed by atoms with van der Waals surface area (Å²) in [6.45, 7) is 0.383. The third kappa shape index (κ3) is 5.10. The quantitative estimate of drug-likeness (QED) is 0.495. The van der Waals surface area contributed by atoms with Crippen molar-refractivity contribution in [3.63, 3.8) is 0 Å². The molecule has 7 heteroatoms. The molecule has 0 radical (unpaired) electrons. The maximum Gasteiger partial charge on any atom is 0.329 e. The van der Waals surface area contributed by atoms with Gasteiger partial charge < -0.3 is 10.1 Å². The van der Waals surface area contributed by atoms with Crippen LogP contribution in [0, 0.1) is 0 Å². The van der Waals surface area contributed by atoms with Crippen LogP contribution in [-0.4, -0.2) is 25.1 Å². The molecule has 0 aromatic heterocycles. The van der Waals surface area contributed by atoms with Crippen molar-refractivity contribution in [2.24, 2.45) is 5.10 Å². The molecule has 0 heterocycles. The van der Waals surface area contributed by atoms with E-state index in [1.54, 1.807) is 18.2 Å². The molecule has 2 aromatic rings. The van der Waals surface area contributed by atoms with Crippen LogP contribution < -0.4 is 15.5 Å². The molecule has 6 nitrogen and oxygen atoms in total. The van der Waals surface area contributed by atoms with E-state index in [0.717, 1.165) is 5.56 Å². The summed E-state index contributed by atoms with van der Waals surface area (Å²) in [5.74, 6) is -1.08. The molecule has 2 aromatic carbocycles. The Kier molecular flexibility index (Phi) is 6.33. The van der Waals surface area contributed by atoms with Gasteiger partial charge in [0.15, 0.2) is 0 Å². The zero-order valence-electron chi connectivity index (χ0n) is 13.0. The smallest absolute Gasteiger partial charge is 0.329 e. The van der Waals surface area contributed by atoms with Crippen LogP contribution in [0.5, 0.6) is 5.75 Å². The highest BCUT2D eigenvalue weighted by Gasteiger charge is 2.09. The lowest BCUT2D eigenvalue weighted by atomic mass is 10.2. The van der Waals surface area contributed by atoms with Gasteiger partial charge in [0.2, 0.25) is 0 Å². The fourth-order valence-electron chi connectivity index (χ4n) is 1.81. The Hall–Kier alpha value is -2.86. The standard InChI is InChI=1S/C17H16ClN3O3/c1-19-16(22)17(23)21-20-10-13-9-14(18)7-8-15(13)24-11-12-5-3-2-4-6-12/h2-10H,11H2,1H3,(H,19,22)(H,21,23)/b20-10-. The average molecular weight is 346 g/mol. The minimum atomic E-state index is -0.859. The van der Waals surface area contributed by atoms with E-state index in [-0.39, 0.29) is 0 Å². The number of carbonyl (C=O) groups is 2. The SMILES string of the molecule is CNC(=O)C(=O)N/N=C\c1cc(Cl)ccc1OCc1ccccc1. The van der Waals surface area contributed by atoms with Crippen LogP contribution in [0.3, 0.4) is 0 Å². The lowest BCUT2D eigenvalue weighted by molar-refractivity contribution is -0.138. The lowest BCUT2D eigenvalue weighted by Crippen LogP contribution is -2.35. The molecule has 0 aliphatic carbocycles. The fraction of sp³-hybridized carbons (Fsp3) is 0.118. The molecule has 124 valence electrons. The number of hydrazone groups is 1. The monoisotopic (exact) mass is 345 g/mol. The van der Waals surface area contributed by atoms with Gasteiger partial charge in [-0.15, -0.1) is 0 Å². The number of benzene rings is 2. The molecule has 2 amide bonds. The number of likely N-dealkylation sites (N-methyl/N-ethyl adjacent to an activating group) is 1. The van der Waals surface area contributed by atoms with Gasteiger partial charge in [-0.2, -0.15) is 5.10 Å². The van der Waals surface area contributed by atoms with Crippen LogP contribution in [0.25, 0.3) is 0 Å². The van der Waals surface area contributed by atoms with Crippen LogP contribution in [0.2, 0.25) is 5.02 Å². The highest BCUT2D eigenvalue weighted by atomic mass is 35.5. The van der Waals surface area contributed by atoms with Crippen molar-refractivity contribution in [3.8, 4) is 5.75 Å². The van der Waals surface area contributed by atoms with E-state index in [0.29, 0.717) is 22.9 Å². The van der Waals surface area contributed by atoms with Crippen molar-refractivity contribution in [2.75, 3.05) is 7.05 Å². The molecule has 0 spiro atoms. The summed E-state index contributed by atoms with van der Waals surface area (Å²) in [5.41, 5.74) is 3.72. The number of carbonyl (C=O) groups excluding carboxylic acids is 2. The van der Waals surface area contributed by atoms with Gasteiger partial charge in [-0.05, 0) is 23.8 Å². The third-order valence-corrected chi connectivity index (χ3v) is 3.25. The Morgan fingerprint density at radius 2 is 1.92 bits per heavy atom. The summed E-state index contributed by atoms with van der Waals surface area (Å²) in [4.78, 5) is 22.4. The van der Waals surface area contributed by atoms with Crippen LogP contribution in [-0.2, 0) is 16.2 Å². The van der Waals surface area contributed by atoms with Crippen LogP contribution in [0.1, 0.15) is 11.1 Å². The first kappa shape index (κ1) is 17.5. The van der Waals surface area contributed by atoms with Gasteiger partial charge in [-0.3, -0.25) is 9.59 Å². The zero-order valence-corrected chi connectivity index (χ0v) is 13.7. The van der Waals surface area contributed by atoms with E-state index >= 15 is 0 Å². The second-order valence-electron chi connectivity index (χ2n) is 4.73. The molecule has 2 N–H and O–H groups in total. The highest BCUT2D eigenvalue weighted by molar-refractivity contribution is 6.35. The maximum absolute atomic E-state index is 11.3. The van der Waals surface area contributed by atoms with Crippen molar-refractivity contribution in [3.05, 3.63) is 64.7 Å². The summed E-state index contributed by atoms with van der Waals surface area (Å²) in [7, 11) is 1.36. The van der Waals surface area contributed by atoms with Crippen LogP contribution >= 0.6 is 11.6 Å². The molecule has 2 rings (SSSR count). The molecule has 0 unspecified atom stereocenters. The lowest BCUT2D eigenvalue weighted by Gasteiger charge is -2.09. The molecule has 24 heavy (non-hydrogen) atoms. The Morgan fingerprint density at radius 1 is 1.17 bits per heavy atom. The summed E-state index contributed by atoms with van der Waals surface area (Å²) in [5, 5.41) is 6.45. The fourth-order valence-corrected chi connectivity index (χ4v) is 1.99. The predicted octanol–water partition coefficient (Wildman–Crippen LogP) is 2.12. The van der Waals surface area contributed by atoms with Crippen molar-refractivity contribution in [1.82, 2.24) is 10.7 Å². The number of nitrogens with zero attached hydrogens (tertiary/aromatic N) is 1. The third-order valence-electron chi connectivity index (χ3n) is 3.01. The maximum atomic E-state index is 11.3. The topological polar surface area (TPSA) is 79.8 Å². The van der Waals surface area contributed by atoms with E-state index in [1.807, 2.05) is 30.3 Å². The minimum Gasteiger partial charge on any atom is -0.488 e. The Morgan fingerprint density at radius 3 is 2.62 bits per heavy atom. The highest BCUT2D eigenvalue weighted by Crippen LogP contribution is 2.22. The van der Waals surface area contributed by atoms with Crippen molar-refractivity contribution in [2.45, 2.75) is 6.61 Å². The summed E-state index contributed by atoms with van der Waals surface area (Å²) in [6.07, 6.45) is 1.37. The zero-order chi connectivity index (χ0) is 17.4. The Labute approximate surface area is 144 Å². The van der Waals surface area contributed by atoms with E-state index in [9.17, 15) is 9.59 Å². The Balaban J connectivity index is 2.07. The van der Waals surface area contributed by atoms with Gasteiger partial charge in [-0.1, -0.05) is 41.9 Å². The number of amides is 2. The summed E-state index contributed by atoms with van der Waals surface area (Å²) < 4.78 is 5.76. The second-order valence-corrected chi connectivity index (χ2v) is 5.17. The number of rotatable bonds is 5. The number of hydrogen-bond acceptors (Lipinski definition) is 4. The van der Waals surface area contributed by atoms with Gasteiger partial charge in [0.1, 0.15) is 12.4 Å². The van der Waals surface area contributed by atoms with Crippen molar-refractivity contribution >= 4 is 29.6 Å². The number of hydrogen-bond donors (Lipinski definition) is 2. The predicted molar refractivity (Wildman–Crippen MR) is 92.0 cm³/mol. The Bertz CT molecular complexity index is 748. The minimum absolute atomic E-state index is 0.383. The van der Waals surface area contributed by atoms with E-state index in [4.69, 9.17) is 16.3 Å².